The van der Waals surface area contributed by atoms with Crippen molar-refractivity contribution < 1.29 is 9.21 Å². The van der Waals surface area contributed by atoms with Crippen LogP contribution in [0.4, 0.5) is 5.69 Å². The molecule has 6 heteroatoms. The summed E-state index contributed by atoms with van der Waals surface area (Å²) in [4.78, 5) is 29.1. The number of hydrogen-bond acceptors (Lipinski definition) is 3. The van der Waals surface area contributed by atoms with Crippen LogP contribution in [0.2, 0.25) is 5.02 Å². The second kappa shape index (κ2) is 8.10. The van der Waals surface area contributed by atoms with Crippen molar-refractivity contribution in [3.05, 3.63) is 108 Å². The SMILES string of the molecule is Cc1ccc(N2C(=O)c3oc4ccc(Br)cc4c(=O)c3C2c2ccc(C(C)(C)C)cc2)cc1Cl. The van der Waals surface area contributed by atoms with Gasteiger partial charge in [-0.1, -0.05) is 78.6 Å². The molecule has 0 saturated heterocycles. The molecular formula is C28H23BrClNO3. The van der Waals surface area contributed by atoms with Gasteiger partial charge in [0.25, 0.3) is 5.91 Å². The first-order valence-corrected chi connectivity index (χ1v) is 12.2. The summed E-state index contributed by atoms with van der Waals surface area (Å²) < 4.78 is 6.81. The Bertz CT molecular complexity index is 1520. The highest BCUT2D eigenvalue weighted by atomic mass is 79.9. The summed E-state index contributed by atoms with van der Waals surface area (Å²) in [5, 5.41) is 0.984. The van der Waals surface area contributed by atoms with E-state index in [4.69, 9.17) is 16.0 Å². The largest absolute Gasteiger partial charge is 0.450 e. The summed E-state index contributed by atoms with van der Waals surface area (Å²) in [5.74, 6) is -0.289. The van der Waals surface area contributed by atoms with E-state index in [1.54, 1.807) is 29.2 Å². The van der Waals surface area contributed by atoms with E-state index in [0.717, 1.165) is 15.6 Å². The third-order valence-electron chi connectivity index (χ3n) is 6.36. The van der Waals surface area contributed by atoms with Gasteiger partial charge in [-0.2, -0.15) is 0 Å². The molecule has 3 aromatic carbocycles. The number of amides is 1. The van der Waals surface area contributed by atoms with E-state index < -0.39 is 6.04 Å². The Labute approximate surface area is 211 Å². The lowest BCUT2D eigenvalue weighted by Crippen LogP contribution is -2.29. The Kier molecular flexibility index (Phi) is 5.45. The minimum atomic E-state index is -0.630. The maximum atomic E-state index is 13.7. The summed E-state index contributed by atoms with van der Waals surface area (Å²) in [6, 6.07) is 18.2. The number of carbonyl (C=O) groups is 1. The number of carbonyl (C=O) groups excluding carboxylic acids is 1. The van der Waals surface area contributed by atoms with E-state index in [1.165, 1.54) is 5.56 Å². The van der Waals surface area contributed by atoms with Crippen LogP contribution in [0.15, 0.2) is 74.3 Å². The lowest BCUT2D eigenvalue weighted by molar-refractivity contribution is 0.0971. The molecule has 4 nitrogen and oxygen atoms in total. The molecule has 1 unspecified atom stereocenters. The zero-order valence-electron chi connectivity index (χ0n) is 19.3. The molecule has 172 valence electrons. The Morgan fingerprint density at radius 1 is 0.971 bits per heavy atom. The van der Waals surface area contributed by atoms with E-state index in [-0.39, 0.29) is 22.5 Å². The number of anilines is 1. The molecule has 5 rings (SSSR count). The molecule has 0 saturated carbocycles. The first kappa shape index (κ1) is 22.9. The van der Waals surface area contributed by atoms with Crippen molar-refractivity contribution in [3.63, 3.8) is 0 Å². The number of benzene rings is 3. The van der Waals surface area contributed by atoms with Crippen molar-refractivity contribution in [3.8, 4) is 0 Å². The van der Waals surface area contributed by atoms with E-state index >= 15 is 0 Å². The molecule has 1 atom stereocenters. The van der Waals surface area contributed by atoms with Crippen LogP contribution in [0.5, 0.6) is 0 Å². The van der Waals surface area contributed by atoms with Crippen molar-refractivity contribution in [1.29, 1.82) is 0 Å². The highest BCUT2D eigenvalue weighted by molar-refractivity contribution is 9.10. The lowest BCUT2D eigenvalue weighted by Gasteiger charge is -2.26. The zero-order chi connectivity index (χ0) is 24.4. The summed E-state index contributed by atoms with van der Waals surface area (Å²) in [5.41, 5.74) is 4.01. The molecular weight excluding hydrogens is 514 g/mol. The van der Waals surface area contributed by atoms with Crippen molar-refractivity contribution in [1.82, 2.24) is 0 Å². The van der Waals surface area contributed by atoms with Gasteiger partial charge in [-0.25, -0.2) is 0 Å². The molecule has 1 aliphatic heterocycles. The second-order valence-corrected chi connectivity index (χ2v) is 11.0. The normalized spacial score (nSPS) is 15.8. The highest BCUT2D eigenvalue weighted by Crippen LogP contribution is 2.42. The van der Waals surface area contributed by atoms with Gasteiger partial charge in [-0.3, -0.25) is 14.5 Å². The van der Waals surface area contributed by atoms with Crippen LogP contribution < -0.4 is 10.3 Å². The van der Waals surface area contributed by atoms with Crippen LogP contribution in [0.3, 0.4) is 0 Å². The van der Waals surface area contributed by atoms with Gasteiger partial charge < -0.3 is 4.42 Å². The van der Waals surface area contributed by atoms with E-state index in [2.05, 4.69) is 48.8 Å². The molecule has 2 heterocycles. The molecule has 1 aliphatic rings. The summed E-state index contributed by atoms with van der Waals surface area (Å²) in [6.07, 6.45) is 0. The average Bonchev–Trinajstić information content (AvgIpc) is 3.08. The number of rotatable bonds is 2. The summed E-state index contributed by atoms with van der Waals surface area (Å²) in [6.45, 7) is 8.35. The van der Waals surface area contributed by atoms with E-state index in [1.807, 2.05) is 31.2 Å². The van der Waals surface area contributed by atoms with Crippen molar-refractivity contribution in [2.75, 3.05) is 4.90 Å². The fourth-order valence-electron chi connectivity index (χ4n) is 4.42. The van der Waals surface area contributed by atoms with E-state index in [0.29, 0.717) is 27.2 Å². The van der Waals surface area contributed by atoms with Gasteiger partial charge in [0.2, 0.25) is 5.76 Å². The monoisotopic (exact) mass is 535 g/mol. The maximum Gasteiger partial charge on any atom is 0.295 e. The van der Waals surface area contributed by atoms with Gasteiger partial charge in [-0.15, -0.1) is 0 Å². The van der Waals surface area contributed by atoms with Gasteiger partial charge >= 0.3 is 0 Å². The zero-order valence-corrected chi connectivity index (χ0v) is 21.6. The second-order valence-electron chi connectivity index (χ2n) is 9.70. The minimum Gasteiger partial charge on any atom is -0.450 e. The number of halogens is 2. The van der Waals surface area contributed by atoms with Gasteiger partial charge in [0, 0.05) is 15.2 Å². The van der Waals surface area contributed by atoms with Crippen LogP contribution in [0.25, 0.3) is 11.0 Å². The van der Waals surface area contributed by atoms with Crippen molar-refractivity contribution >= 4 is 50.1 Å². The molecule has 4 aromatic rings. The minimum absolute atomic E-state index is 0.0202. The van der Waals surface area contributed by atoms with Crippen LogP contribution >= 0.6 is 27.5 Å². The van der Waals surface area contributed by atoms with Crippen LogP contribution in [-0.4, -0.2) is 5.91 Å². The Balaban J connectivity index is 1.78. The van der Waals surface area contributed by atoms with Crippen molar-refractivity contribution in [2.45, 2.75) is 39.2 Å². The number of hydrogen-bond donors (Lipinski definition) is 0. The number of aryl methyl sites for hydroxylation is 1. The van der Waals surface area contributed by atoms with E-state index in [9.17, 15) is 9.59 Å². The Morgan fingerprint density at radius 2 is 1.68 bits per heavy atom. The molecule has 0 fully saturated rings. The first-order chi connectivity index (χ1) is 16.1. The molecule has 0 N–H and O–H groups in total. The summed E-state index contributed by atoms with van der Waals surface area (Å²) in [7, 11) is 0. The third kappa shape index (κ3) is 3.68. The first-order valence-electron chi connectivity index (χ1n) is 11.0. The van der Waals surface area contributed by atoms with Gasteiger partial charge in [0.05, 0.1) is 17.0 Å². The predicted molar refractivity (Wildman–Crippen MR) is 140 cm³/mol. The fourth-order valence-corrected chi connectivity index (χ4v) is 4.96. The highest BCUT2D eigenvalue weighted by Gasteiger charge is 2.43. The molecule has 1 aromatic heterocycles. The molecule has 0 aliphatic carbocycles. The molecule has 34 heavy (non-hydrogen) atoms. The fraction of sp³-hybridized carbons (Fsp3) is 0.214. The van der Waals surface area contributed by atoms with Crippen LogP contribution in [0, 0.1) is 6.92 Å². The topological polar surface area (TPSA) is 50.5 Å². The van der Waals surface area contributed by atoms with Gasteiger partial charge in [-0.05, 0) is 59.4 Å². The number of nitrogens with zero attached hydrogens (tertiary/aromatic N) is 1. The smallest absolute Gasteiger partial charge is 0.295 e. The Morgan fingerprint density at radius 3 is 2.32 bits per heavy atom. The summed E-state index contributed by atoms with van der Waals surface area (Å²) >= 11 is 9.86. The maximum absolute atomic E-state index is 13.7. The van der Waals surface area contributed by atoms with Gasteiger partial charge in [0.1, 0.15) is 5.58 Å². The van der Waals surface area contributed by atoms with Crippen molar-refractivity contribution in [2.24, 2.45) is 0 Å². The average molecular weight is 537 g/mol. The quantitative estimate of drug-likeness (QED) is 0.265. The Hall–Kier alpha value is -2.89. The van der Waals surface area contributed by atoms with Gasteiger partial charge in [0.15, 0.2) is 5.43 Å². The lowest BCUT2D eigenvalue weighted by atomic mass is 9.86. The third-order valence-corrected chi connectivity index (χ3v) is 7.26. The van der Waals surface area contributed by atoms with Crippen LogP contribution in [-0.2, 0) is 5.41 Å². The molecule has 0 spiro atoms. The predicted octanol–water partition coefficient (Wildman–Crippen LogP) is 7.56. The molecule has 0 radical (unpaired) electrons. The molecule has 1 amide bonds. The number of fused-ring (bicyclic) bond motifs is 2. The molecule has 0 bridgehead atoms. The standard InChI is InChI=1S/C28H23BrClNO3/c1-15-5-11-19(14-21(15)30)31-24(16-6-8-17(9-7-16)28(2,3)4)23-25(32)20-13-18(29)10-12-22(20)34-26(23)27(31)33/h5-14,24H,1-4H3. The van der Waals surface area contributed by atoms with Crippen LogP contribution in [0.1, 0.15) is 59.6 Å².